The first kappa shape index (κ1) is 32.8. The smallest absolute Gasteiger partial charge is 0.318 e. The van der Waals surface area contributed by atoms with Gasteiger partial charge in [0.25, 0.3) is 0 Å². The highest BCUT2D eigenvalue weighted by atomic mass is 32.1. The Balaban J connectivity index is 0.000000465. The third-order valence-corrected chi connectivity index (χ3v) is 10.8. The summed E-state index contributed by atoms with van der Waals surface area (Å²) in [6.45, 7) is 6.90. The first-order valence-corrected chi connectivity index (χ1v) is 17.1. The zero-order chi connectivity index (χ0) is 33.5. The number of piperazine rings is 1. The summed E-state index contributed by atoms with van der Waals surface area (Å²) in [5.41, 5.74) is 7.54. The van der Waals surface area contributed by atoms with Crippen LogP contribution in [0.5, 0.6) is 6.01 Å². The zero-order valence-electron chi connectivity index (χ0n) is 27.1. The number of aromatic nitrogens is 2. The third kappa shape index (κ3) is 5.72. The standard InChI is InChI=1S/C29H28F2N6O3S.C5H11NO/c1-39-29-34-26-23(28(35-29)37-14-3-4-15(37)11-36(10-14)7-2-8-38)18-13-40-12-17(18)22(25(26)31)24-19(30)5-6-20-21(24)16(9-32)27(33)41-20;1-6-2-4-7-5-3-6/h5-6,14-15,38H,2-4,7-8,10-13,33H2,1H3;2-5H2,1H3. The topological polar surface area (TPSA) is 133 Å². The van der Waals surface area contributed by atoms with Crippen LogP contribution >= 0.6 is 11.3 Å². The summed E-state index contributed by atoms with van der Waals surface area (Å²) in [6.07, 6.45) is 2.66. The molecule has 2 bridgehead atoms. The lowest BCUT2D eigenvalue weighted by molar-refractivity contribution is 0.0503. The Morgan fingerprint density at radius 3 is 2.44 bits per heavy atom. The molecule has 2 aromatic carbocycles. The fraction of sp³-hybridized carbons (Fsp3) is 0.500. The normalized spacial score (nSPS) is 21.0. The van der Waals surface area contributed by atoms with E-state index in [1.54, 1.807) is 6.07 Å². The number of nitrogen functional groups attached to an aromatic ring is 1. The van der Waals surface area contributed by atoms with Crippen LogP contribution in [0.3, 0.4) is 0 Å². The molecule has 3 N–H and O–H groups in total. The number of thiophene rings is 1. The highest BCUT2D eigenvalue weighted by Crippen LogP contribution is 2.49. The van der Waals surface area contributed by atoms with Crippen molar-refractivity contribution in [1.82, 2.24) is 19.8 Å². The van der Waals surface area contributed by atoms with E-state index in [1.807, 2.05) is 0 Å². The molecule has 0 saturated carbocycles. The molecule has 4 aromatic rings. The molecule has 254 valence electrons. The van der Waals surface area contributed by atoms with Gasteiger partial charge in [0, 0.05) is 72.6 Å². The molecule has 48 heavy (non-hydrogen) atoms. The maximum atomic E-state index is 16.9. The highest BCUT2D eigenvalue weighted by Gasteiger charge is 2.43. The number of hydrogen-bond acceptors (Lipinski definition) is 12. The Labute approximate surface area is 281 Å². The molecule has 0 spiro atoms. The molecule has 11 nitrogen and oxygen atoms in total. The predicted molar refractivity (Wildman–Crippen MR) is 180 cm³/mol. The van der Waals surface area contributed by atoms with E-state index in [-0.39, 0.29) is 65.1 Å². The van der Waals surface area contributed by atoms with Gasteiger partial charge in [-0.05, 0) is 49.6 Å². The van der Waals surface area contributed by atoms with Crippen LogP contribution in [-0.4, -0.2) is 104 Å². The number of morpholine rings is 1. The molecule has 0 aliphatic carbocycles. The quantitative estimate of drug-likeness (QED) is 0.303. The molecule has 3 saturated heterocycles. The third-order valence-electron chi connectivity index (χ3n) is 9.80. The summed E-state index contributed by atoms with van der Waals surface area (Å²) in [4.78, 5) is 16.1. The number of aliphatic hydroxyl groups excluding tert-OH is 1. The molecule has 6 heterocycles. The van der Waals surface area contributed by atoms with Crippen molar-refractivity contribution >= 4 is 43.1 Å². The first-order chi connectivity index (χ1) is 23.3. The fourth-order valence-corrected chi connectivity index (χ4v) is 8.47. The van der Waals surface area contributed by atoms with Crippen LogP contribution < -0.4 is 15.4 Å². The number of nitrogens with two attached hydrogens (primary N) is 1. The average molecular weight is 680 g/mol. The van der Waals surface area contributed by atoms with Gasteiger partial charge in [-0.3, -0.25) is 4.90 Å². The van der Waals surface area contributed by atoms with Gasteiger partial charge in [-0.2, -0.15) is 15.2 Å². The van der Waals surface area contributed by atoms with Crippen LogP contribution in [0.2, 0.25) is 0 Å². The number of halogens is 2. The Hall–Kier alpha value is -3.71. The minimum Gasteiger partial charge on any atom is -0.467 e. The number of nitrogens with zero attached hydrogens (tertiary/aromatic N) is 6. The lowest BCUT2D eigenvalue weighted by atomic mass is 9.90. The molecule has 0 amide bonds. The monoisotopic (exact) mass is 679 g/mol. The number of likely N-dealkylation sites (tertiary alicyclic amines) is 1. The molecule has 4 aliphatic heterocycles. The molecule has 2 aromatic heterocycles. The van der Waals surface area contributed by atoms with Gasteiger partial charge in [0.2, 0.25) is 0 Å². The van der Waals surface area contributed by atoms with E-state index in [1.165, 1.54) is 24.5 Å². The number of methoxy groups -OCH3 is 1. The number of benzene rings is 2. The molecule has 2 atom stereocenters. The Bertz CT molecular complexity index is 1880. The summed E-state index contributed by atoms with van der Waals surface area (Å²) >= 11 is 1.17. The summed E-state index contributed by atoms with van der Waals surface area (Å²) in [7, 11) is 3.55. The van der Waals surface area contributed by atoms with E-state index in [2.05, 4.69) is 32.8 Å². The van der Waals surface area contributed by atoms with E-state index >= 15 is 8.78 Å². The summed E-state index contributed by atoms with van der Waals surface area (Å²) in [6, 6.07) is 5.26. The molecule has 4 aliphatic rings. The van der Waals surface area contributed by atoms with E-state index < -0.39 is 11.6 Å². The van der Waals surface area contributed by atoms with Crippen molar-refractivity contribution < 1.29 is 28.1 Å². The summed E-state index contributed by atoms with van der Waals surface area (Å²) in [5, 5.41) is 20.3. The van der Waals surface area contributed by atoms with Crippen molar-refractivity contribution in [3.8, 4) is 23.2 Å². The van der Waals surface area contributed by atoms with Crippen LogP contribution in [0.15, 0.2) is 12.1 Å². The largest absolute Gasteiger partial charge is 0.467 e. The molecule has 2 unspecified atom stereocenters. The second-order valence-corrected chi connectivity index (χ2v) is 13.8. The van der Waals surface area contributed by atoms with Gasteiger partial charge in [-0.15, -0.1) is 11.3 Å². The Morgan fingerprint density at radius 1 is 1.06 bits per heavy atom. The maximum absolute atomic E-state index is 16.9. The number of nitriles is 1. The zero-order valence-corrected chi connectivity index (χ0v) is 27.9. The van der Waals surface area contributed by atoms with Crippen molar-refractivity contribution in [2.75, 3.05) is 77.3 Å². The van der Waals surface area contributed by atoms with Gasteiger partial charge in [-0.25, -0.2) is 8.78 Å². The van der Waals surface area contributed by atoms with Crippen LogP contribution in [0, 0.1) is 23.0 Å². The van der Waals surface area contributed by atoms with Gasteiger partial charge < -0.3 is 34.9 Å². The number of anilines is 2. The van der Waals surface area contributed by atoms with Crippen molar-refractivity contribution in [2.45, 2.75) is 44.6 Å². The second-order valence-electron chi connectivity index (χ2n) is 12.7. The Morgan fingerprint density at radius 2 is 1.79 bits per heavy atom. The number of hydrogen-bond donors (Lipinski definition) is 2. The number of ether oxygens (including phenoxy) is 3. The van der Waals surface area contributed by atoms with Crippen LogP contribution in [0.25, 0.3) is 32.1 Å². The minimum atomic E-state index is -0.708. The number of aliphatic hydroxyl groups is 1. The van der Waals surface area contributed by atoms with Crippen LogP contribution in [0.1, 0.15) is 36.0 Å². The molecule has 14 heteroatoms. The van der Waals surface area contributed by atoms with E-state index in [9.17, 15) is 10.4 Å². The summed E-state index contributed by atoms with van der Waals surface area (Å²) in [5.74, 6) is -0.762. The van der Waals surface area contributed by atoms with Crippen molar-refractivity contribution in [3.63, 3.8) is 0 Å². The van der Waals surface area contributed by atoms with E-state index in [0.717, 1.165) is 65.2 Å². The minimum absolute atomic E-state index is 0.00940. The number of fused-ring (bicyclic) bond motifs is 6. The van der Waals surface area contributed by atoms with Crippen molar-refractivity contribution in [3.05, 3.63) is 40.5 Å². The molecular formula is C34H39F2N7O4S. The van der Waals surface area contributed by atoms with E-state index in [0.29, 0.717) is 32.4 Å². The lowest BCUT2D eigenvalue weighted by Gasteiger charge is -2.42. The van der Waals surface area contributed by atoms with Crippen LogP contribution in [0.4, 0.5) is 19.6 Å². The molecule has 0 radical (unpaired) electrons. The van der Waals surface area contributed by atoms with Gasteiger partial charge >= 0.3 is 6.01 Å². The number of rotatable bonds is 6. The van der Waals surface area contributed by atoms with Gasteiger partial charge in [0.05, 0.1) is 44.5 Å². The maximum Gasteiger partial charge on any atom is 0.318 e. The van der Waals surface area contributed by atoms with Gasteiger partial charge in [0.15, 0.2) is 5.82 Å². The van der Waals surface area contributed by atoms with Crippen molar-refractivity contribution in [1.29, 1.82) is 5.26 Å². The Kier molecular flexibility index (Phi) is 9.34. The van der Waals surface area contributed by atoms with E-state index in [4.69, 9.17) is 24.9 Å². The summed E-state index contributed by atoms with van der Waals surface area (Å²) < 4.78 is 49.6. The lowest BCUT2D eigenvalue weighted by Crippen LogP contribution is -2.54. The molecule has 3 fully saturated rings. The SMILES string of the molecule is CN1CCOCC1.COc1nc(N2C3CCC2CN(CCCO)C3)c2c3c(c(-c4c(F)ccc5sc(N)c(C#N)c45)c(F)c2n1)COC3. The average Bonchev–Trinajstić information content (AvgIpc) is 3.78. The number of likely N-dealkylation sites (N-methyl/N-ethyl adjacent to an activating group) is 1. The molecule has 8 rings (SSSR count). The highest BCUT2D eigenvalue weighted by molar-refractivity contribution is 7.23. The van der Waals surface area contributed by atoms with Gasteiger partial charge in [-0.1, -0.05) is 0 Å². The van der Waals surface area contributed by atoms with Gasteiger partial charge in [0.1, 0.15) is 28.2 Å². The van der Waals surface area contributed by atoms with Crippen molar-refractivity contribution in [2.24, 2.45) is 0 Å². The molecular weight excluding hydrogens is 640 g/mol. The van der Waals surface area contributed by atoms with Crippen LogP contribution in [-0.2, 0) is 22.7 Å². The predicted octanol–water partition coefficient (Wildman–Crippen LogP) is 4.27. The second kappa shape index (κ2) is 13.7. The first-order valence-electron chi connectivity index (χ1n) is 16.3. The fourth-order valence-electron chi connectivity index (χ4n) is 7.54.